The number of nitrogens with one attached hydrogen (secondary N) is 1. The minimum atomic E-state index is -0.0219. The Labute approximate surface area is 139 Å². The number of anilines is 1. The van der Waals surface area contributed by atoms with Crippen molar-refractivity contribution in [3.05, 3.63) is 64.1 Å². The van der Waals surface area contributed by atoms with E-state index < -0.39 is 0 Å². The Morgan fingerprint density at radius 3 is 2.73 bits per heavy atom. The number of halogens is 1. The fourth-order valence-corrected chi connectivity index (χ4v) is 3.23. The first-order valence-electron chi connectivity index (χ1n) is 7.53. The molecule has 1 aliphatic heterocycles. The summed E-state index contributed by atoms with van der Waals surface area (Å²) in [4.78, 5) is 14.5. The normalized spacial score (nSPS) is 17.5. The summed E-state index contributed by atoms with van der Waals surface area (Å²) in [5.74, 6) is 0. The van der Waals surface area contributed by atoms with Crippen LogP contribution in [0.3, 0.4) is 0 Å². The van der Waals surface area contributed by atoms with Crippen LogP contribution < -0.4 is 5.32 Å². The van der Waals surface area contributed by atoms with Crippen LogP contribution in [0.25, 0.3) is 0 Å². The summed E-state index contributed by atoms with van der Waals surface area (Å²) in [7, 11) is 0. The summed E-state index contributed by atoms with van der Waals surface area (Å²) in [6.45, 7) is 2.89. The van der Waals surface area contributed by atoms with Crippen LogP contribution in [0, 0.1) is 6.92 Å². The van der Waals surface area contributed by atoms with Crippen molar-refractivity contribution in [1.82, 2.24) is 4.90 Å². The van der Waals surface area contributed by atoms with Crippen LogP contribution in [-0.2, 0) is 0 Å². The average Bonchev–Trinajstić information content (AvgIpc) is 2.99. The quantitative estimate of drug-likeness (QED) is 0.792. The number of rotatable bonds is 2. The Morgan fingerprint density at radius 1 is 1.23 bits per heavy atom. The van der Waals surface area contributed by atoms with Crippen LogP contribution in [0.15, 0.2) is 53.0 Å². The van der Waals surface area contributed by atoms with Crippen molar-refractivity contribution in [3.63, 3.8) is 0 Å². The van der Waals surface area contributed by atoms with Gasteiger partial charge in [0.2, 0.25) is 0 Å². The van der Waals surface area contributed by atoms with Crippen LogP contribution in [-0.4, -0.2) is 17.5 Å². The number of benzene rings is 2. The van der Waals surface area contributed by atoms with Crippen LogP contribution in [0.2, 0.25) is 0 Å². The smallest absolute Gasteiger partial charge is 0.317 e. The fraction of sp³-hybridized carbons (Fsp3) is 0.278. The number of nitrogens with zero attached hydrogens (tertiary/aromatic N) is 1. The molecular weight excluding hydrogens is 340 g/mol. The van der Waals surface area contributed by atoms with E-state index in [-0.39, 0.29) is 12.1 Å². The second-order valence-electron chi connectivity index (χ2n) is 5.70. The summed E-state index contributed by atoms with van der Waals surface area (Å²) >= 11 is 3.40. The van der Waals surface area contributed by atoms with Gasteiger partial charge in [-0.05, 0) is 49.6 Å². The van der Waals surface area contributed by atoms with Crippen molar-refractivity contribution in [2.24, 2.45) is 0 Å². The Bertz CT molecular complexity index is 669. The van der Waals surface area contributed by atoms with Gasteiger partial charge in [0.05, 0.1) is 6.04 Å². The number of aryl methyl sites for hydroxylation is 1. The topological polar surface area (TPSA) is 32.3 Å². The number of hydrogen-bond donors (Lipinski definition) is 1. The molecule has 22 heavy (non-hydrogen) atoms. The molecule has 0 aliphatic carbocycles. The van der Waals surface area contributed by atoms with E-state index in [0.717, 1.165) is 29.5 Å². The highest BCUT2D eigenvalue weighted by Gasteiger charge is 2.29. The lowest BCUT2D eigenvalue weighted by Gasteiger charge is -2.25. The highest BCUT2D eigenvalue weighted by Crippen LogP contribution is 2.32. The molecule has 0 saturated carbocycles. The standard InChI is InChI=1S/C18H19BrN2O/c1-13-4-2-5-14(12-13)17-6-3-11-21(17)18(22)20-16-9-7-15(19)8-10-16/h2,4-5,7-10,12,17H,3,6,11H2,1H3,(H,20,22)/t17-/m1/s1. The molecule has 4 heteroatoms. The first kappa shape index (κ1) is 15.1. The largest absolute Gasteiger partial charge is 0.322 e. The molecule has 0 radical (unpaired) electrons. The molecule has 0 unspecified atom stereocenters. The van der Waals surface area contributed by atoms with Crippen molar-refractivity contribution < 1.29 is 4.79 Å². The molecule has 1 N–H and O–H groups in total. The molecule has 0 bridgehead atoms. The van der Waals surface area contributed by atoms with Crippen LogP contribution in [0.4, 0.5) is 10.5 Å². The van der Waals surface area contributed by atoms with E-state index in [9.17, 15) is 4.79 Å². The fourth-order valence-electron chi connectivity index (χ4n) is 2.96. The lowest BCUT2D eigenvalue weighted by atomic mass is 10.0. The zero-order chi connectivity index (χ0) is 15.5. The third-order valence-corrected chi connectivity index (χ3v) is 4.56. The van der Waals surface area contributed by atoms with Crippen LogP contribution >= 0.6 is 15.9 Å². The van der Waals surface area contributed by atoms with Gasteiger partial charge >= 0.3 is 6.03 Å². The van der Waals surface area contributed by atoms with Crippen LogP contribution in [0.5, 0.6) is 0 Å². The Balaban J connectivity index is 1.75. The second-order valence-corrected chi connectivity index (χ2v) is 6.62. The van der Waals surface area contributed by atoms with Crippen molar-refractivity contribution in [1.29, 1.82) is 0 Å². The highest BCUT2D eigenvalue weighted by atomic mass is 79.9. The minimum absolute atomic E-state index is 0.0219. The summed E-state index contributed by atoms with van der Waals surface area (Å²) in [6, 6.07) is 16.3. The van der Waals surface area contributed by atoms with Gasteiger partial charge in [0.25, 0.3) is 0 Å². The van der Waals surface area contributed by atoms with Gasteiger partial charge in [0, 0.05) is 16.7 Å². The number of amides is 2. The molecule has 2 aromatic carbocycles. The zero-order valence-electron chi connectivity index (χ0n) is 12.6. The molecule has 2 aromatic rings. The zero-order valence-corrected chi connectivity index (χ0v) is 14.1. The number of urea groups is 1. The van der Waals surface area contributed by atoms with Gasteiger partial charge in [0.1, 0.15) is 0 Å². The third-order valence-electron chi connectivity index (χ3n) is 4.04. The minimum Gasteiger partial charge on any atom is -0.317 e. The predicted octanol–water partition coefficient (Wildman–Crippen LogP) is 5.13. The monoisotopic (exact) mass is 358 g/mol. The van der Waals surface area contributed by atoms with E-state index >= 15 is 0 Å². The van der Waals surface area contributed by atoms with Crippen LogP contribution in [0.1, 0.15) is 30.0 Å². The van der Waals surface area contributed by atoms with E-state index in [1.54, 1.807) is 0 Å². The van der Waals surface area contributed by atoms with Gasteiger partial charge in [0.15, 0.2) is 0 Å². The molecule has 1 aliphatic rings. The van der Waals surface area contributed by atoms with E-state index in [1.807, 2.05) is 29.2 Å². The molecule has 114 valence electrons. The van der Waals surface area contributed by atoms with Gasteiger partial charge in [-0.25, -0.2) is 4.79 Å². The number of likely N-dealkylation sites (tertiary alicyclic amines) is 1. The molecule has 0 aromatic heterocycles. The third kappa shape index (κ3) is 3.33. The summed E-state index contributed by atoms with van der Waals surface area (Å²) < 4.78 is 1.00. The number of carbonyl (C=O) groups excluding carboxylic acids is 1. The van der Waals surface area contributed by atoms with E-state index in [2.05, 4.69) is 52.4 Å². The Kier molecular flexibility index (Phi) is 4.48. The van der Waals surface area contributed by atoms with E-state index in [1.165, 1.54) is 11.1 Å². The lowest BCUT2D eigenvalue weighted by Crippen LogP contribution is -2.34. The summed E-state index contributed by atoms with van der Waals surface area (Å²) in [5.41, 5.74) is 3.28. The number of carbonyl (C=O) groups is 1. The number of hydrogen-bond acceptors (Lipinski definition) is 1. The predicted molar refractivity (Wildman–Crippen MR) is 93.0 cm³/mol. The molecule has 2 amide bonds. The van der Waals surface area contributed by atoms with Gasteiger partial charge < -0.3 is 10.2 Å². The SMILES string of the molecule is Cc1cccc([C@H]2CCCN2C(=O)Nc2ccc(Br)cc2)c1. The molecular formula is C18H19BrN2O. The summed E-state index contributed by atoms with van der Waals surface area (Å²) in [5, 5.41) is 2.99. The van der Waals surface area contributed by atoms with E-state index in [4.69, 9.17) is 0 Å². The first-order valence-corrected chi connectivity index (χ1v) is 8.32. The van der Waals surface area contributed by atoms with Crippen molar-refractivity contribution in [3.8, 4) is 0 Å². The molecule has 1 saturated heterocycles. The molecule has 1 fully saturated rings. The maximum absolute atomic E-state index is 12.6. The summed E-state index contributed by atoms with van der Waals surface area (Å²) in [6.07, 6.45) is 2.07. The van der Waals surface area contributed by atoms with Gasteiger partial charge in [-0.15, -0.1) is 0 Å². The van der Waals surface area contributed by atoms with Gasteiger partial charge in [-0.3, -0.25) is 0 Å². The molecule has 1 heterocycles. The molecule has 0 spiro atoms. The molecule has 3 nitrogen and oxygen atoms in total. The maximum atomic E-state index is 12.6. The first-order chi connectivity index (χ1) is 10.6. The van der Waals surface area contributed by atoms with Crippen molar-refractivity contribution in [2.75, 3.05) is 11.9 Å². The van der Waals surface area contributed by atoms with Crippen molar-refractivity contribution >= 4 is 27.6 Å². The Hall–Kier alpha value is -1.81. The molecule has 1 atom stereocenters. The van der Waals surface area contributed by atoms with Gasteiger partial charge in [-0.2, -0.15) is 0 Å². The van der Waals surface area contributed by atoms with Crippen molar-refractivity contribution in [2.45, 2.75) is 25.8 Å². The average molecular weight is 359 g/mol. The Morgan fingerprint density at radius 2 is 2.00 bits per heavy atom. The highest BCUT2D eigenvalue weighted by molar-refractivity contribution is 9.10. The van der Waals surface area contributed by atoms with E-state index in [0.29, 0.717) is 0 Å². The second kappa shape index (κ2) is 6.53. The van der Waals surface area contributed by atoms with Gasteiger partial charge in [-0.1, -0.05) is 45.8 Å². The molecule has 3 rings (SSSR count). The lowest BCUT2D eigenvalue weighted by molar-refractivity contribution is 0.207. The maximum Gasteiger partial charge on any atom is 0.322 e.